The highest BCUT2D eigenvalue weighted by molar-refractivity contribution is 7.14. The van der Waals surface area contributed by atoms with Crippen LogP contribution in [0, 0.1) is 0 Å². The van der Waals surface area contributed by atoms with Crippen molar-refractivity contribution in [3.8, 4) is 11.3 Å². The third-order valence-electron chi connectivity index (χ3n) is 4.22. The minimum atomic E-state index is -0.480. The Morgan fingerprint density at radius 2 is 2.12 bits per heavy atom. The summed E-state index contributed by atoms with van der Waals surface area (Å²) in [7, 11) is 0. The number of anilines is 1. The number of benzene rings is 1. The van der Waals surface area contributed by atoms with Crippen molar-refractivity contribution >= 4 is 22.4 Å². The number of rotatable bonds is 4. The van der Waals surface area contributed by atoms with E-state index in [2.05, 4.69) is 48.4 Å². The molecule has 1 aliphatic heterocycles. The minimum Gasteiger partial charge on any atom is -0.368 e. The Kier molecular flexibility index (Phi) is 5.28. The molecule has 0 aliphatic carbocycles. The van der Waals surface area contributed by atoms with Gasteiger partial charge in [-0.1, -0.05) is 38.1 Å². The second-order valence-corrected chi connectivity index (χ2v) is 7.31. The number of nitrogens with one attached hydrogen (secondary N) is 1. The van der Waals surface area contributed by atoms with E-state index in [1.165, 1.54) is 16.9 Å². The monoisotopic (exact) mass is 345 g/mol. The van der Waals surface area contributed by atoms with Crippen LogP contribution in [0.3, 0.4) is 0 Å². The highest BCUT2D eigenvalue weighted by atomic mass is 32.1. The van der Waals surface area contributed by atoms with E-state index in [0.717, 1.165) is 17.7 Å². The fourth-order valence-electron chi connectivity index (χ4n) is 2.69. The first-order chi connectivity index (χ1) is 11.5. The Balaban J connectivity index is 1.65. The zero-order valence-corrected chi connectivity index (χ0v) is 14.8. The van der Waals surface area contributed by atoms with Crippen LogP contribution in [0.5, 0.6) is 0 Å². The van der Waals surface area contributed by atoms with E-state index >= 15 is 0 Å². The van der Waals surface area contributed by atoms with E-state index in [1.54, 1.807) is 0 Å². The summed E-state index contributed by atoms with van der Waals surface area (Å²) in [4.78, 5) is 16.8. The summed E-state index contributed by atoms with van der Waals surface area (Å²) in [6.07, 6.45) is 0.879. The van der Waals surface area contributed by atoms with Crippen molar-refractivity contribution in [1.29, 1.82) is 0 Å². The lowest BCUT2D eigenvalue weighted by Gasteiger charge is -2.25. The molecular formula is C18H23N3O2S. The number of nitrogens with two attached hydrogens (primary N) is 1. The van der Waals surface area contributed by atoms with Crippen molar-refractivity contribution < 1.29 is 9.53 Å². The number of thiazole rings is 1. The molecule has 1 amide bonds. The molecule has 2 aromatic rings. The van der Waals surface area contributed by atoms with Crippen molar-refractivity contribution in [3.63, 3.8) is 0 Å². The summed E-state index contributed by atoms with van der Waals surface area (Å²) >= 11 is 1.42. The first-order valence-corrected chi connectivity index (χ1v) is 9.15. The van der Waals surface area contributed by atoms with Gasteiger partial charge in [-0.25, -0.2) is 4.98 Å². The van der Waals surface area contributed by atoms with Gasteiger partial charge < -0.3 is 10.5 Å². The number of carbonyl (C=O) groups is 1. The summed E-state index contributed by atoms with van der Waals surface area (Å²) in [5.74, 6) is 0.340. The molecule has 1 fully saturated rings. The summed E-state index contributed by atoms with van der Waals surface area (Å²) in [6, 6.07) is 8.41. The molecule has 2 atom stereocenters. The van der Waals surface area contributed by atoms with E-state index in [-0.39, 0.29) is 11.9 Å². The maximum absolute atomic E-state index is 12.3. The molecule has 6 heteroatoms. The largest absolute Gasteiger partial charge is 0.368 e. The third-order valence-corrected chi connectivity index (χ3v) is 4.98. The third kappa shape index (κ3) is 4.01. The number of nitrogens with zero attached hydrogens (tertiary/aromatic N) is 1. The maximum Gasteiger partial charge on any atom is 0.255 e. The van der Waals surface area contributed by atoms with Crippen LogP contribution in [0.25, 0.3) is 11.3 Å². The number of aromatic nitrogens is 1. The average Bonchev–Trinajstić information content (AvgIpc) is 3.03. The van der Waals surface area contributed by atoms with Crippen LogP contribution >= 0.6 is 11.3 Å². The lowest BCUT2D eigenvalue weighted by Crippen LogP contribution is -2.41. The topological polar surface area (TPSA) is 77.2 Å². The first kappa shape index (κ1) is 17.1. The molecule has 2 unspecified atom stereocenters. The van der Waals surface area contributed by atoms with Gasteiger partial charge in [0.25, 0.3) is 5.91 Å². The molecule has 0 spiro atoms. The van der Waals surface area contributed by atoms with Crippen LogP contribution < -0.4 is 11.1 Å². The SMILES string of the molecule is CC(C)c1ccc(-c2csc(NC(=O)C3CC(N)CCO3)n2)cc1. The highest BCUT2D eigenvalue weighted by Gasteiger charge is 2.26. The Morgan fingerprint density at radius 1 is 1.38 bits per heavy atom. The molecule has 5 nitrogen and oxygen atoms in total. The number of carbonyl (C=O) groups excluding carboxylic acids is 1. The van der Waals surface area contributed by atoms with E-state index in [0.29, 0.717) is 24.1 Å². The summed E-state index contributed by atoms with van der Waals surface area (Å²) in [5, 5.41) is 5.38. The van der Waals surface area contributed by atoms with Crippen LogP contribution in [-0.4, -0.2) is 29.6 Å². The van der Waals surface area contributed by atoms with Crippen LogP contribution in [0.4, 0.5) is 5.13 Å². The summed E-state index contributed by atoms with van der Waals surface area (Å²) < 4.78 is 5.49. The first-order valence-electron chi connectivity index (χ1n) is 8.27. The Bertz CT molecular complexity index is 697. The Morgan fingerprint density at radius 3 is 2.79 bits per heavy atom. The molecule has 128 valence electrons. The van der Waals surface area contributed by atoms with Gasteiger partial charge in [0.2, 0.25) is 0 Å². The number of hydrogen-bond donors (Lipinski definition) is 2. The Labute approximate surface area is 146 Å². The van der Waals surface area contributed by atoms with Crippen LogP contribution in [0.1, 0.15) is 38.2 Å². The molecule has 0 saturated carbocycles. The lowest BCUT2D eigenvalue weighted by molar-refractivity contribution is -0.130. The van der Waals surface area contributed by atoms with E-state index in [4.69, 9.17) is 10.5 Å². The molecule has 24 heavy (non-hydrogen) atoms. The molecule has 3 N–H and O–H groups in total. The summed E-state index contributed by atoms with van der Waals surface area (Å²) in [6.45, 7) is 4.88. The molecule has 1 saturated heterocycles. The van der Waals surface area contributed by atoms with Crippen LogP contribution in [0.15, 0.2) is 29.6 Å². The van der Waals surface area contributed by atoms with Crippen molar-refractivity contribution in [1.82, 2.24) is 4.98 Å². The molecule has 2 heterocycles. The van der Waals surface area contributed by atoms with Gasteiger partial charge in [-0.15, -0.1) is 11.3 Å². The second kappa shape index (κ2) is 7.42. The van der Waals surface area contributed by atoms with Crippen molar-refractivity contribution in [2.24, 2.45) is 5.73 Å². The van der Waals surface area contributed by atoms with Crippen LogP contribution in [-0.2, 0) is 9.53 Å². The Hall–Kier alpha value is -1.76. The van der Waals surface area contributed by atoms with Gasteiger partial charge in [-0.05, 0) is 24.3 Å². The normalized spacial score (nSPS) is 21.0. The van der Waals surface area contributed by atoms with Crippen molar-refractivity contribution in [3.05, 3.63) is 35.2 Å². The van der Waals surface area contributed by atoms with Gasteiger partial charge in [-0.2, -0.15) is 0 Å². The van der Waals surface area contributed by atoms with Gasteiger partial charge in [-0.3, -0.25) is 10.1 Å². The van der Waals surface area contributed by atoms with E-state index < -0.39 is 6.10 Å². The van der Waals surface area contributed by atoms with Gasteiger partial charge >= 0.3 is 0 Å². The predicted octanol–water partition coefficient (Wildman–Crippen LogP) is 3.38. The zero-order valence-electron chi connectivity index (χ0n) is 14.0. The molecule has 0 radical (unpaired) electrons. The summed E-state index contributed by atoms with van der Waals surface area (Å²) in [5.41, 5.74) is 9.11. The predicted molar refractivity (Wildman–Crippen MR) is 97.2 cm³/mol. The fraction of sp³-hybridized carbons (Fsp3) is 0.444. The molecule has 1 aromatic heterocycles. The fourth-order valence-corrected chi connectivity index (χ4v) is 3.42. The van der Waals surface area contributed by atoms with E-state index in [9.17, 15) is 4.79 Å². The second-order valence-electron chi connectivity index (χ2n) is 6.45. The average molecular weight is 345 g/mol. The standard InChI is InChI=1S/C18H23N3O2S/c1-11(2)12-3-5-13(6-4-12)15-10-24-18(20-15)21-17(22)16-9-14(19)7-8-23-16/h3-6,10-11,14,16H,7-9,19H2,1-2H3,(H,20,21,22). The molecular weight excluding hydrogens is 322 g/mol. The lowest BCUT2D eigenvalue weighted by atomic mass is 10.0. The smallest absolute Gasteiger partial charge is 0.255 e. The number of ether oxygens (including phenoxy) is 1. The van der Waals surface area contributed by atoms with Gasteiger partial charge in [0.15, 0.2) is 5.13 Å². The van der Waals surface area contributed by atoms with Gasteiger partial charge in [0.1, 0.15) is 6.10 Å². The van der Waals surface area contributed by atoms with Crippen LogP contribution in [0.2, 0.25) is 0 Å². The molecule has 3 rings (SSSR count). The molecule has 1 aliphatic rings. The van der Waals surface area contributed by atoms with Gasteiger partial charge in [0, 0.05) is 23.6 Å². The zero-order chi connectivity index (χ0) is 17.1. The van der Waals surface area contributed by atoms with E-state index in [1.807, 2.05) is 5.38 Å². The highest BCUT2D eigenvalue weighted by Crippen LogP contribution is 2.27. The van der Waals surface area contributed by atoms with Gasteiger partial charge in [0.05, 0.1) is 5.69 Å². The quantitative estimate of drug-likeness (QED) is 0.890. The van der Waals surface area contributed by atoms with Crippen molar-refractivity contribution in [2.45, 2.75) is 44.8 Å². The number of hydrogen-bond acceptors (Lipinski definition) is 5. The molecule has 0 bridgehead atoms. The molecule has 1 aromatic carbocycles. The number of amides is 1. The minimum absolute atomic E-state index is 0.0285. The van der Waals surface area contributed by atoms with Crippen molar-refractivity contribution in [2.75, 3.05) is 11.9 Å². The maximum atomic E-state index is 12.3.